The Morgan fingerprint density at radius 2 is 1.67 bits per heavy atom. The highest BCUT2D eigenvalue weighted by atomic mass is 19.4. The number of alkyl halides is 3. The average molecular weight is 373 g/mol. The molecule has 0 bridgehead atoms. The Balaban J connectivity index is 1.45. The number of amides is 1. The lowest BCUT2D eigenvalue weighted by Crippen LogP contribution is -2.27. The normalized spacial score (nSPS) is 11.4. The van der Waals surface area contributed by atoms with Crippen molar-refractivity contribution in [3.63, 3.8) is 0 Å². The standard InChI is InChI=1S/C20H18F3N3O/c21-20(22,23)17-6-2-16(3-7-17)14-19(27)24-12-10-15-4-8-18(9-5-15)26-13-1-11-25-26/h1-9,11,13H,10,12,14H2,(H,24,27). The number of halogens is 3. The van der Waals surface area contributed by atoms with Crippen molar-refractivity contribution in [2.75, 3.05) is 6.54 Å². The lowest BCUT2D eigenvalue weighted by Gasteiger charge is -2.09. The van der Waals surface area contributed by atoms with Gasteiger partial charge in [0, 0.05) is 18.9 Å². The van der Waals surface area contributed by atoms with Crippen LogP contribution < -0.4 is 5.32 Å². The molecule has 0 atom stereocenters. The summed E-state index contributed by atoms with van der Waals surface area (Å²) >= 11 is 0. The van der Waals surface area contributed by atoms with E-state index in [0.29, 0.717) is 18.5 Å². The van der Waals surface area contributed by atoms with Crippen LogP contribution in [0.4, 0.5) is 13.2 Å². The number of carbonyl (C=O) groups is 1. The fourth-order valence-corrected chi connectivity index (χ4v) is 2.64. The molecule has 1 amide bonds. The number of nitrogens with one attached hydrogen (secondary N) is 1. The first kappa shape index (κ1) is 18.7. The topological polar surface area (TPSA) is 46.9 Å². The first-order valence-electron chi connectivity index (χ1n) is 8.43. The number of benzene rings is 2. The molecule has 1 heterocycles. The maximum Gasteiger partial charge on any atom is 0.416 e. The van der Waals surface area contributed by atoms with Crippen molar-refractivity contribution < 1.29 is 18.0 Å². The van der Waals surface area contributed by atoms with Crippen LogP contribution >= 0.6 is 0 Å². The predicted molar refractivity (Wildman–Crippen MR) is 95.4 cm³/mol. The van der Waals surface area contributed by atoms with Gasteiger partial charge >= 0.3 is 6.18 Å². The van der Waals surface area contributed by atoms with E-state index in [-0.39, 0.29) is 12.3 Å². The van der Waals surface area contributed by atoms with Crippen LogP contribution in [0.1, 0.15) is 16.7 Å². The van der Waals surface area contributed by atoms with Gasteiger partial charge in [0.25, 0.3) is 0 Å². The molecule has 0 saturated carbocycles. The molecule has 0 aliphatic heterocycles. The second-order valence-corrected chi connectivity index (χ2v) is 6.09. The van der Waals surface area contributed by atoms with E-state index in [2.05, 4.69) is 10.4 Å². The first-order valence-corrected chi connectivity index (χ1v) is 8.43. The molecule has 1 aromatic heterocycles. The third kappa shape index (κ3) is 5.20. The largest absolute Gasteiger partial charge is 0.416 e. The van der Waals surface area contributed by atoms with Crippen LogP contribution in [0.5, 0.6) is 0 Å². The molecule has 7 heteroatoms. The van der Waals surface area contributed by atoms with E-state index in [0.717, 1.165) is 23.4 Å². The molecule has 0 aliphatic carbocycles. The van der Waals surface area contributed by atoms with E-state index < -0.39 is 11.7 Å². The highest BCUT2D eigenvalue weighted by Crippen LogP contribution is 2.29. The Hall–Kier alpha value is -3.09. The highest BCUT2D eigenvalue weighted by molar-refractivity contribution is 5.78. The van der Waals surface area contributed by atoms with Crippen molar-refractivity contribution in [1.82, 2.24) is 15.1 Å². The van der Waals surface area contributed by atoms with Gasteiger partial charge in [-0.15, -0.1) is 0 Å². The summed E-state index contributed by atoms with van der Waals surface area (Å²) in [5.74, 6) is -0.220. The van der Waals surface area contributed by atoms with Gasteiger partial charge in [0.2, 0.25) is 5.91 Å². The van der Waals surface area contributed by atoms with Gasteiger partial charge in [-0.05, 0) is 47.9 Å². The molecule has 3 aromatic rings. The van der Waals surface area contributed by atoms with Crippen LogP contribution in [0, 0.1) is 0 Å². The third-order valence-electron chi connectivity index (χ3n) is 4.09. The van der Waals surface area contributed by atoms with E-state index >= 15 is 0 Å². The minimum absolute atomic E-state index is 0.0520. The van der Waals surface area contributed by atoms with E-state index in [1.165, 1.54) is 12.1 Å². The molecule has 140 valence electrons. The first-order chi connectivity index (χ1) is 12.9. The Morgan fingerprint density at radius 1 is 1.00 bits per heavy atom. The maximum atomic E-state index is 12.5. The van der Waals surface area contributed by atoms with Gasteiger partial charge in [-0.2, -0.15) is 18.3 Å². The van der Waals surface area contributed by atoms with Gasteiger partial charge in [-0.25, -0.2) is 4.68 Å². The van der Waals surface area contributed by atoms with Crippen LogP contribution in [0.2, 0.25) is 0 Å². The average Bonchev–Trinajstić information content (AvgIpc) is 3.17. The number of hydrogen-bond acceptors (Lipinski definition) is 2. The van der Waals surface area contributed by atoms with Gasteiger partial charge < -0.3 is 5.32 Å². The smallest absolute Gasteiger partial charge is 0.355 e. The molecule has 0 spiro atoms. The number of nitrogens with zero attached hydrogens (tertiary/aromatic N) is 2. The van der Waals surface area contributed by atoms with Gasteiger partial charge in [-0.1, -0.05) is 24.3 Å². The lowest BCUT2D eigenvalue weighted by atomic mass is 10.1. The molecule has 2 aromatic carbocycles. The van der Waals surface area contributed by atoms with Gasteiger partial charge in [-0.3, -0.25) is 4.79 Å². The molecule has 0 radical (unpaired) electrons. The van der Waals surface area contributed by atoms with E-state index in [1.54, 1.807) is 10.9 Å². The predicted octanol–water partition coefficient (Wildman–Crippen LogP) is 3.79. The molecule has 4 nitrogen and oxygen atoms in total. The minimum atomic E-state index is -4.37. The molecule has 3 rings (SSSR count). The molecule has 0 fully saturated rings. The SMILES string of the molecule is O=C(Cc1ccc(C(F)(F)F)cc1)NCCc1ccc(-n2cccn2)cc1. The molecule has 1 N–H and O–H groups in total. The monoisotopic (exact) mass is 373 g/mol. The zero-order valence-corrected chi connectivity index (χ0v) is 14.4. The van der Waals surface area contributed by atoms with Crippen LogP contribution in [-0.4, -0.2) is 22.2 Å². The van der Waals surface area contributed by atoms with Gasteiger partial charge in [0.15, 0.2) is 0 Å². The Bertz CT molecular complexity index is 870. The van der Waals surface area contributed by atoms with Crippen LogP contribution in [0.25, 0.3) is 5.69 Å². The number of carbonyl (C=O) groups excluding carboxylic acids is 1. The Morgan fingerprint density at radius 3 is 2.26 bits per heavy atom. The number of rotatable bonds is 6. The summed E-state index contributed by atoms with van der Waals surface area (Å²) in [6.07, 6.45) is -0.0845. The molecular formula is C20H18F3N3O. The van der Waals surface area contributed by atoms with E-state index in [4.69, 9.17) is 0 Å². The third-order valence-corrected chi connectivity index (χ3v) is 4.09. The summed E-state index contributed by atoms with van der Waals surface area (Å²) in [4.78, 5) is 11.9. The Labute approximate surface area is 154 Å². The van der Waals surface area contributed by atoms with E-state index in [9.17, 15) is 18.0 Å². The van der Waals surface area contributed by atoms with Crippen molar-refractivity contribution in [3.8, 4) is 5.69 Å². The van der Waals surface area contributed by atoms with Crippen LogP contribution in [-0.2, 0) is 23.8 Å². The van der Waals surface area contributed by atoms with Crippen molar-refractivity contribution in [3.05, 3.63) is 83.7 Å². The fraction of sp³-hybridized carbons (Fsp3) is 0.200. The summed E-state index contributed by atoms with van der Waals surface area (Å²) in [5.41, 5.74) is 1.85. The van der Waals surface area contributed by atoms with Crippen molar-refractivity contribution in [2.24, 2.45) is 0 Å². The van der Waals surface area contributed by atoms with Gasteiger partial charge in [0.1, 0.15) is 0 Å². The molecule has 0 saturated heterocycles. The zero-order chi connectivity index (χ0) is 19.3. The highest BCUT2D eigenvalue weighted by Gasteiger charge is 2.29. The number of hydrogen-bond donors (Lipinski definition) is 1. The van der Waals surface area contributed by atoms with Crippen molar-refractivity contribution in [1.29, 1.82) is 0 Å². The molecular weight excluding hydrogens is 355 g/mol. The summed E-state index contributed by atoms with van der Waals surface area (Å²) in [7, 11) is 0. The quantitative estimate of drug-likeness (QED) is 0.715. The van der Waals surface area contributed by atoms with Gasteiger partial charge in [0.05, 0.1) is 17.7 Å². The van der Waals surface area contributed by atoms with Crippen molar-refractivity contribution in [2.45, 2.75) is 19.0 Å². The molecule has 0 unspecified atom stereocenters. The zero-order valence-electron chi connectivity index (χ0n) is 14.4. The fourth-order valence-electron chi connectivity index (χ4n) is 2.64. The second-order valence-electron chi connectivity index (χ2n) is 6.09. The van der Waals surface area contributed by atoms with Crippen LogP contribution in [0.3, 0.4) is 0 Å². The Kier molecular flexibility index (Phi) is 5.59. The minimum Gasteiger partial charge on any atom is -0.355 e. The summed E-state index contributed by atoms with van der Waals surface area (Å²) in [6, 6.07) is 14.3. The summed E-state index contributed by atoms with van der Waals surface area (Å²) in [5, 5.41) is 6.95. The van der Waals surface area contributed by atoms with Crippen molar-refractivity contribution >= 4 is 5.91 Å². The van der Waals surface area contributed by atoms with E-state index in [1.807, 2.05) is 36.5 Å². The lowest BCUT2D eigenvalue weighted by molar-refractivity contribution is -0.137. The molecule has 27 heavy (non-hydrogen) atoms. The van der Waals surface area contributed by atoms with Crippen LogP contribution in [0.15, 0.2) is 67.0 Å². The second kappa shape index (κ2) is 8.07. The number of aromatic nitrogens is 2. The molecule has 0 aliphatic rings. The summed E-state index contributed by atoms with van der Waals surface area (Å²) < 4.78 is 39.4. The summed E-state index contributed by atoms with van der Waals surface area (Å²) in [6.45, 7) is 0.459. The maximum absolute atomic E-state index is 12.5.